The second-order valence-electron chi connectivity index (χ2n) is 7.30. The number of carbonyl (C=O) groups excluding carboxylic acids is 1. The zero-order valence-corrected chi connectivity index (χ0v) is 20.7. The van der Waals surface area contributed by atoms with Crippen molar-refractivity contribution < 1.29 is 31.0 Å². The average Bonchev–Trinajstić information content (AvgIpc) is 3.25. The van der Waals surface area contributed by atoms with Crippen LogP contribution in [0.5, 0.6) is 0 Å². The van der Waals surface area contributed by atoms with Gasteiger partial charge in [-0.1, -0.05) is 49.0 Å². The molecule has 0 spiro atoms. The normalized spacial score (nSPS) is 15.1. The number of hydrogen-bond acceptors (Lipinski definition) is 4. The van der Waals surface area contributed by atoms with Crippen molar-refractivity contribution in [3.05, 3.63) is 120 Å². The number of aliphatic hydroxyl groups is 1. The van der Waals surface area contributed by atoms with E-state index in [-0.39, 0.29) is 38.8 Å². The van der Waals surface area contributed by atoms with E-state index >= 15 is 0 Å². The first-order chi connectivity index (χ1) is 15.5. The van der Waals surface area contributed by atoms with Crippen molar-refractivity contribution in [2.24, 2.45) is 0 Å². The van der Waals surface area contributed by atoms with Gasteiger partial charge in [0.25, 0.3) is 0 Å². The molecule has 1 heterocycles. The second kappa shape index (κ2) is 12.6. The van der Waals surface area contributed by atoms with Crippen LogP contribution >= 0.6 is 0 Å². The van der Waals surface area contributed by atoms with Crippen LogP contribution in [0.25, 0.3) is 4.85 Å². The van der Waals surface area contributed by atoms with Crippen molar-refractivity contribution in [3.63, 3.8) is 0 Å². The minimum atomic E-state index is -0.125. The van der Waals surface area contributed by atoms with E-state index in [1.165, 1.54) is 25.6 Å². The quantitative estimate of drug-likeness (QED) is 0.213. The third-order valence-corrected chi connectivity index (χ3v) is 4.82. The number of benzene rings is 3. The molecule has 1 aliphatic rings. The maximum atomic E-state index is 10.0. The van der Waals surface area contributed by atoms with E-state index in [1.807, 2.05) is 48.5 Å². The van der Waals surface area contributed by atoms with Crippen LogP contribution in [-0.4, -0.2) is 17.4 Å². The van der Waals surface area contributed by atoms with E-state index in [0.717, 1.165) is 17.8 Å². The summed E-state index contributed by atoms with van der Waals surface area (Å²) in [6, 6.07) is 29.6. The first-order valence-electron chi connectivity index (χ1n) is 10.2. The predicted molar refractivity (Wildman–Crippen MR) is 128 cm³/mol. The molecule has 5 nitrogen and oxygen atoms in total. The van der Waals surface area contributed by atoms with Crippen molar-refractivity contribution in [2.45, 2.75) is 20.0 Å². The Balaban J connectivity index is 0.000000423. The molecular formula is C27H25N3O2Pt. The van der Waals surface area contributed by atoms with E-state index in [9.17, 15) is 4.79 Å². The van der Waals surface area contributed by atoms with Crippen LogP contribution in [0.2, 0.25) is 0 Å². The summed E-state index contributed by atoms with van der Waals surface area (Å²) in [4.78, 5) is 18.1. The Labute approximate surface area is 210 Å². The molecule has 1 saturated heterocycles. The largest absolute Gasteiger partial charge is 2.00 e. The summed E-state index contributed by atoms with van der Waals surface area (Å²) in [5.41, 5.74) is 4.04. The summed E-state index contributed by atoms with van der Waals surface area (Å²) >= 11 is 0. The summed E-state index contributed by atoms with van der Waals surface area (Å²) in [6.45, 7) is 13.0. The van der Waals surface area contributed by atoms with Gasteiger partial charge in [-0.15, -0.1) is 5.69 Å². The first-order valence-corrected chi connectivity index (χ1v) is 10.2. The first kappa shape index (κ1) is 25.9. The van der Waals surface area contributed by atoms with Gasteiger partial charge < -0.3 is 14.9 Å². The van der Waals surface area contributed by atoms with E-state index in [1.54, 1.807) is 0 Å². The van der Waals surface area contributed by atoms with Crippen molar-refractivity contribution in [1.29, 1.82) is 0 Å². The van der Waals surface area contributed by atoms with Gasteiger partial charge in [-0.2, -0.15) is 30.3 Å². The smallest absolute Gasteiger partial charge is 0.519 e. The molecule has 0 saturated carbocycles. The molecule has 0 aromatic heterocycles. The van der Waals surface area contributed by atoms with Gasteiger partial charge >= 0.3 is 21.1 Å². The third kappa shape index (κ3) is 7.07. The Morgan fingerprint density at radius 1 is 1.09 bits per heavy atom. The van der Waals surface area contributed by atoms with Gasteiger partial charge in [0.05, 0.1) is 18.5 Å². The molecule has 1 aliphatic heterocycles. The zero-order valence-electron chi connectivity index (χ0n) is 18.5. The number of anilines is 2. The molecule has 1 N–H and O–H groups in total. The summed E-state index contributed by atoms with van der Waals surface area (Å²) < 4.78 is 0. The van der Waals surface area contributed by atoms with Gasteiger partial charge in [0.15, 0.2) is 11.5 Å². The molecule has 3 aromatic carbocycles. The topological polar surface area (TPSA) is 48.1 Å². The summed E-state index contributed by atoms with van der Waals surface area (Å²) in [5.74, 6) is -0.0625. The predicted octanol–water partition coefficient (Wildman–Crippen LogP) is 6.26. The van der Waals surface area contributed by atoms with Crippen molar-refractivity contribution in [3.8, 4) is 0 Å². The van der Waals surface area contributed by atoms with Gasteiger partial charge in [-0.25, -0.2) is 11.4 Å². The standard InChI is InChI=1S/C22H17N3.C5H8O2.Pt/c1-23-19-14-12-18(13-15-19)22-24(20-8-4-2-5-9-20)16-17-25(22)21-10-6-3-7-11-21;1-4(6)3-5(2)7;/h2-10,12-15,17,22H,16H2;3,6H,1-2H3;/q-2;;+2/b;4-3-;. The van der Waals surface area contributed by atoms with Crippen LogP contribution in [0.1, 0.15) is 25.6 Å². The molecule has 1 atom stereocenters. The summed E-state index contributed by atoms with van der Waals surface area (Å²) in [5, 5.41) is 8.36. The van der Waals surface area contributed by atoms with Crippen LogP contribution in [-0.2, 0) is 25.9 Å². The molecular weight excluding hydrogens is 593 g/mol. The molecule has 0 bridgehead atoms. The molecule has 0 radical (unpaired) electrons. The zero-order chi connectivity index (χ0) is 22.9. The number of carbonyl (C=O) groups is 1. The fourth-order valence-corrected chi connectivity index (χ4v) is 3.52. The van der Waals surface area contributed by atoms with Gasteiger partial charge in [0.1, 0.15) is 0 Å². The van der Waals surface area contributed by atoms with Crippen molar-refractivity contribution in [2.75, 3.05) is 16.3 Å². The van der Waals surface area contributed by atoms with Crippen LogP contribution in [0.4, 0.5) is 17.1 Å². The summed E-state index contributed by atoms with van der Waals surface area (Å²) in [6.07, 6.45) is 1.21. The number of para-hydroxylation sites is 2. The monoisotopic (exact) mass is 618 g/mol. The second-order valence-corrected chi connectivity index (χ2v) is 7.30. The number of aliphatic hydroxyl groups excluding tert-OH is 1. The number of nitrogens with zero attached hydrogens (tertiary/aromatic N) is 3. The molecule has 4 rings (SSSR count). The maximum absolute atomic E-state index is 10.0. The van der Waals surface area contributed by atoms with Crippen molar-refractivity contribution in [1.82, 2.24) is 0 Å². The average molecular weight is 619 g/mol. The molecule has 170 valence electrons. The Morgan fingerprint density at radius 2 is 1.76 bits per heavy atom. The van der Waals surface area contributed by atoms with E-state index in [2.05, 4.69) is 57.6 Å². The molecule has 6 heteroatoms. The molecule has 33 heavy (non-hydrogen) atoms. The van der Waals surface area contributed by atoms with Gasteiger partial charge in [0, 0.05) is 11.8 Å². The van der Waals surface area contributed by atoms with Crippen LogP contribution in [0, 0.1) is 19.2 Å². The van der Waals surface area contributed by atoms with Crippen LogP contribution < -0.4 is 9.80 Å². The summed E-state index contributed by atoms with van der Waals surface area (Å²) in [7, 11) is 0. The van der Waals surface area contributed by atoms with E-state index in [0.29, 0.717) is 5.69 Å². The molecule has 0 aliphatic carbocycles. The number of ketones is 1. The van der Waals surface area contributed by atoms with Crippen molar-refractivity contribution >= 4 is 22.8 Å². The number of hydrogen-bond donors (Lipinski definition) is 1. The fourth-order valence-electron chi connectivity index (χ4n) is 3.52. The third-order valence-electron chi connectivity index (χ3n) is 4.82. The molecule has 1 unspecified atom stereocenters. The Hall–Kier alpha value is -3.35. The molecule has 1 fully saturated rings. The SMILES string of the molecule is CC(=O)/C=C(/C)O.[C-]#[N+]c1ccc(C2N(c3[c-]cccc3)[CH-]CN2c2ccccc2)cc1.[Pt+2]. The fraction of sp³-hybridized carbons (Fsp3) is 0.148. The van der Waals surface area contributed by atoms with E-state index in [4.69, 9.17) is 11.7 Å². The maximum Gasteiger partial charge on any atom is 2.00 e. The number of rotatable bonds is 4. The molecule has 3 aromatic rings. The molecule has 0 amide bonds. The van der Waals surface area contributed by atoms with E-state index < -0.39 is 0 Å². The Bertz CT molecular complexity index is 1040. The van der Waals surface area contributed by atoms with Crippen LogP contribution in [0.15, 0.2) is 90.7 Å². The Morgan fingerprint density at radius 3 is 2.27 bits per heavy atom. The van der Waals surface area contributed by atoms with Crippen LogP contribution in [0.3, 0.4) is 0 Å². The minimum Gasteiger partial charge on any atom is -0.519 e. The minimum absolute atomic E-state index is 0. The van der Waals surface area contributed by atoms with Gasteiger partial charge in [0.2, 0.25) is 0 Å². The Kier molecular flexibility index (Phi) is 9.91. The van der Waals surface area contributed by atoms with Gasteiger partial charge in [-0.3, -0.25) is 4.79 Å². The van der Waals surface area contributed by atoms with Gasteiger partial charge in [-0.05, 0) is 31.5 Å². The number of allylic oxidation sites excluding steroid dienone is 2.